The number of hydrogen-bond acceptors (Lipinski definition) is 4. The van der Waals surface area contributed by atoms with E-state index in [0.717, 1.165) is 19.3 Å². The zero-order valence-corrected chi connectivity index (χ0v) is 12.7. The largest absolute Gasteiger partial charge is 0.453 e. The fourth-order valence-electron chi connectivity index (χ4n) is 3.99. The Kier molecular flexibility index (Phi) is 3.53. The number of halogens is 1. The lowest BCUT2D eigenvalue weighted by atomic mass is 9.64. The number of aliphatic hydroxyl groups is 1. The van der Waals surface area contributed by atoms with E-state index in [1.54, 1.807) is 6.92 Å². The van der Waals surface area contributed by atoms with E-state index in [1.807, 2.05) is 12.2 Å². The highest BCUT2D eigenvalue weighted by molar-refractivity contribution is 6.18. The van der Waals surface area contributed by atoms with Crippen LogP contribution in [0.25, 0.3) is 0 Å². The third-order valence-corrected chi connectivity index (χ3v) is 5.47. The molecule has 116 valence electrons. The molecule has 3 rings (SSSR count). The smallest absolute Gasteiger partial charge is 0.339 e. The molecule has 1 amide bonds. The Hall–Kier alpha value is -1.07. The predicted octanol–water partition coefficient (Wildman–Crippen LogP) is 1.13. The molecule has 5 atom stereocenters. The number of allylic oxidation sites excluding steroid dienone is 1. The van der Waals surface area contributed by atoms with Crippen molar-refractivity contribution < 1.29 is 19.4 Å². The number of amides is 1. The van der Waals surface area contributed by atoms with Gasteiger partial charge in [0.1, 0.15) is 0 Å². The molecule has 0 aromatic heterocycles. The highest BCUT2D eigenvalue weighted by Gasteiger charge is 2.79. The summed E-state index contributed by atoms with van der Waals surface area (Å²) in [6.45, 7) is 1.72. The van der Waals surface area contributed by atoms with Gasteiger partial charge in [0.15, 0.2) is 5.60 Å². The zero-order valence-electron chi connectivity index (χ0n) is 12.0. The van der Waals surface area contributed by atoms with E-state index in [0.29, 0.717) is 12.3 Å². The van der Waals surface area contributed by atoms with Gasteiger partial charge in [-0.25, -0.2) is 4.79 Å². The fraction of sp³-hybridized carbons (Fsp3) is 0.733. The summed E-state index contributed by atoms with van der Waals surface area (Å²) < 4.78 is 5.34. The van der Waals surface area contributed by atoms with E-state index in [4.69, 9.17) is 16.3 Å². The summed E-state index contributed by atoms with van der Waals surface area (Å²) in [4.78, 5) is 24.4. The van der Waals surface area contributed by atoms with Gasteiger partial charge in [0, 0.05) is 11.8 Å². The Morgan fingerprint density at radius 2 is 2.33 bits per heavy atom. The predicted molar refractivity (Wildman–Crippen MR) is 76.7 cm³/mol. The first-order valence-electron chi connectivity index (χ1n) is 7.43. The van der Waals surface area contributed by atoms with E-state index >= 15 is 0 Å². The molecule has 2 heterocycles. The van der Waals surface area contributed by atoms with Gasteiger partial charge in [-0.1, -0.05) is 12.2 Å². The second-order valence-corrected chi connectivity index (χ2v) is 6.67. The van der Waals surface area contributed by atoms with Gasteiger partial charge in [0.2, 0.25) is 11.4 Å². The standard InChI is InChI=1S/C15H20ClNO4/c1-14-10(7-8-16)12(19)17-15(14,13(20)21-14)11(18)9-5-3-2-4-6-9/h3,5,9-11,18H,2,4,6-8H2,1H3,(H,17,19)/t9-,10+,11+,14+,15-/m1/s1. The first-order valence-corrected chi connectivity index (χ1v) is 7.97. The van der Waals surface area contributed by atoms with Crippen LogP contribution in [0.1, 0.15) is 32.6 Å². The lowest BCUT2D eigenvalue weighted by Crippen LogP contribution is -2.80. The molecule has 2 fully saturated rings. The number of carbonyl (C=O) groups excluding carboxylic acids is 2. The summed E-state index contributed by atoms with van der Waals surface area (Å²) in [6.07, 6.45) is 6.17. The van der Waals surface area contributed by atoms with Gasteiger partial charge in [0.25, 0.3) is 0 Å². The number of esters is 1. The molecule has 2 aliphatic heterocycles. The van der Waals surface area contributed by atoms with Crippen molar-refractivity contribution in [2.45, 2.75) is 49.9 Å². The molecule has 21 heavy (non-hydrogen) atoms. The van der Waals surface area contributed by atoms with Crippen molar-refractivity contribution in [2.24, 2.45) is 11.8 Å². The number of nitrogens with one attached hydrogen (secondary N) is 1. The number of ether oxygens (including phenoxy) is 1. The summed E-state index contributed by atoms with van der Waals surface area (Å²) in [5.41, 5.74) is -2.34. The second kappa shape index (κ2) is 4.99. The number of rotatable bonds is 4. The number of fused-ring (bicyclic) bond motifs is 1. The van der Waals surface area contributed by atoms with Gasteiger partial charge in [-0.3, -0.25) is 4.79 Å². The molecule has 0 radical (unpaired) electrons. The molecule has 3 aliphatic rings. The molecule has 0 spiro atoms. The molecule has 0 saturated carbocycles. The van der Waals surface area contributed by atoms with Crippen LogP contribution in [-0.2, 0) is 14.3 Å². The fourth-order valence-corrected chi connectivity index (χ4v) is 4.21. The van der Waals surface area contributed by atoms with Crippen LogP contribution in [0.2, 0.25) is 0 Å². The van der Waals surface area contributed by atoms with Crippen LogP contribution in [0.3, 0.4) is 0 Å². The first kappa shape index (κ1) is 14.9. The van der Waals surface area contributed by atoms with Crippen molar-refractivity contribution in [2.75, 3.05) is 5.88 Å². The van der Waals surface area contributed by atoms with Crippen molar-refractivity contribution >= 4 is 23.5 Å². The highest BCUT2D eigenvalue weighted by atomic mass is 35.5. The van der Waals surface area contributed by atoms with Gasteiger partial charge in [0.05, 0.1) is 12.0 Å². The molecule has 0 aromatic rings. The molecule has 1 aliphatic carbocycles. The maximum absolute atomic E-state index is 12.2. The quantitative estimate of drug-likeness (QED) is 0.463. The van der Waals surface area contributed by atoms with Gasteiger partial charge in [-0.2, -0.15) is 0 Å². The van der Waals surface area contributed by atoms with Crippen molar-refractivity contribution in [1.29, 1.82) is 0 Å². The molecule has 0 bridgehead atoms. The molecule has 5 nitrogen and oxygen atoms in total. The first-order chi connectivity index (χ1) is 9.97. The molecule has 2 N–H and O–H groups in total. The Morgan fingerprint density at radius 1 is 1.57 bits per heavy atom. The minimum atomic E-state index is -1.33. The van der Waals surface area contributed by atoms with Crippen molar-refractivity contribution in [1.82, 2.24) is 5.32 Å². The van der Waals surface area contributed by atoms with Crippen LogP contribution >= 0.6 is 11.6 Å². The normalized spacial score (nSPS) is 42.8. The minimum Gasteiger partial charge on any atom is -0.453 e. The van der Waals surface area contributed by atoms with Crippen molar-refractivity contribution in [3.8, 4) is 0 Å². The molecule has 0 unspecified atom stereocenters. The Balaban J connectivity index is 1.94. The van der Waals surface area contributed by atoms with E-state index in [9.17, 15) is 14.7 Å². The number of alkyl halides is 1. The van der Waals surface area contributed by atoms with E-state index < -0.39 is 29.1 Å². The summed E-state index contributed by atoms with van der Waals surface area (Å²) >= 11 is 5.76. The van der Waals surface area contributed by atoms with Crippen LogP contribution in [0.5, 0.6) is 0 Å². The van der Waals surface area contributed by atoms with Crippen LogP contribution in [0.4, 0.5) is 0 Å². The Bertz CT molecular complexity index is 508. The average Bonchev–Trinajstić information content (AvgIpc) is 2.65. The minimum absolute atomic E-state index is 0.138. The third-order valence-electron chi connectivity index (χ3n) is 5.25. The summed E-state index contributed by atoms with van der Waals surface area (Å²) in [5, 5.41) is 13.5. The van der Waals surface area contributed by atoms with Gasteiger partial charge in [-0.15, -0.1) is 11.6 Å². The van der Waals surface area contributed by atoms with Crippen LogP contribution < -0.4 is 5.32 Å². The average molecular weight is 314 g/mol. The summed E-state index contributed by atoms with van der Waals surface area (Å²) in [5.74, 6) is -1.14. The van der Waals surface area contributed by atoms with E-state index in [2.05, 4.69) is 5.32 Å². The molecule has 6 heteroatoms. The van der Waals surface area contributed by atoms with Gasteiger partial charge < -0.3 is 15.2 Å². The molecular formula is C15H20ClNO4. The zero-order chi connectivity index (χ0) is 15.3. The van der Waals surface area contributed by atoms with E-state index in [1.165, 1.54) is 0 Å². The van der Waals surface area contributed by atoms with Gasteiger partial charge in [-0.05, 0) is 32.6 Å². The molecule has 2 saturated heterocycles. The van der Waals surface area contributed by atoms with Gasteiger partial charge >= 0.3 is 5.97 Å². The molecule has 0 aromatic carbocycles. The maximum Gasteiger partial charge on any atom is 0.339 e. The van der Waals surface area contributed by atoms with Crippen LogP contribution in [-0.4, -0.2) is 40.1 Å². The Labute approximate surface area is 128 Å². The topological polar surface area (TPSA) is 75.6 Å². The molecular weight excluding hydrogens is 294 g/mol. The summed E-state index contributed by atoms with van der Waals surface area (Å²) in [6, 6.07) is 0. The van der Waals surface area contributed by atoms with E-state index in [-0.39, 0.29) is 11.8 Å². The Morgan fingerprint density at radius 3 is 2.90 bits per heavy atom. The lowest BCUT2D eigenvalue weighted by molar-refractivity contribution is -0.238. The number of carbonyl (C=O) groups is 2. The second-order valence-electron chi connectivity index (χ2n) is 6.29. The number of aliphatic hydroxyl groups excluding tert-OH is 1. The monoisotopic (exact) mass is 313 g/mol. The maximum atomic E-state index is 12.2. The highest BCUT2D eigenvalue weighted by Crippen LogP contribution is 2.53. The summed E-state index contributed by atoms with van der Waals surface area (Å²) in [7, 11) is 0. The SMILES string of the molecule is C[C@@]12OC(=O)[C@@]1([C@@H](O)[C@@H]1C=CCCC1)NC(=O)[C@@H]2CCCl. The van der Waals surface area contributed by atoms with Crippen molar-refractivity contribution in [3.05, 3.63) is 12.2 Å². The third kappa shape index (κ3) is 1.80. The van der Waals surface area contributed by atoms with Crippen LogP contribution in [0.15, 0.2) is 12.2 Å². The lowest BCUT2D eigenvalue weighted by Gasteiger charge is -2.54. The number of hydrogen-bond donors (Lipinski definition) is 2. The van der Waals surface area contributed by atoms with Crippen molar-refractivity contribution in [3.63, 3.8) is 0 Å². The van der Waals surface area contributed by atoms with Crippen LogP contribution in [0, 0.1) is 11.8 Å².